The van der Waals surface area contributed by atoms with E-state index < -0.39 is 36.0 Å². The van der Waals surface area contributed by atoms with Crippen LogP contribution >= 0.6 is 0 Å². The van der Waals surface area contributed by atoms with E-state index in [1.165, 1.54) is 5.56 Å². The molecule has 3 amide bonds. The molecule has 3 aliphatic heterocycles. The Morgan fingerprint density at radius 3 is 2.50 bits per heavy atom. The van der Waals surface area contributed by atoms with Crippen LogP contribution in [0.1, 0.15) is 76.0 Å². The summed E-state index contributed by atoms with van der Waals surface area (Å²) in [5, 5.41) is 7.96. The number of ether oxygens (including phenoxy) is 1. The lowest BCUT2D eigenvalue weighted by atomic mass is 9.86. The largest absolute Gasteiger partial charge is 0.444 e. The van der Waals surface area contributed by atoms with Gasteiger partial charge in [-0.2, -0.15) is 5.10 Å². The minimum atomic E-state index is -2.96. The van der Waals surface area contributed by atoms with E-state index in [1.54, 1.807) is 25.5 Å². The van der Waals surface area contributed by atoms with E-state index in [9.17, 15) is 14.4 Å². The molecule has 9 nitrogen and oxygen atoms in total. The van der Waals surface area contributed by atoms with Gasteiger partial charge in [-0.05, 0) is 77.1 Å². The number of nitrogens with zero attached hydrogens (tertiary/aromatic N) is 4. The molecular formula is C29H39F2N5O4. The highest BCUT2D eigenvalue weighted by molar-refractivity contribution is 6.02. The van der Waals surface area contributed by atoms with E-state index in [4.69, 9.17) is 4.74 Å². The zero-order valence-electron chi connectivity index (χ0n) is 23.7. The highest BCUT2D eigenvalue weighted by Crippen LogP contribution is 2.37. The monoisotopic (exact) mass is 559 g/mol. The zero-order valence-corrected chi connectivity index (χ0v) is 23.7. The second-order valence-corrected chi connectivity index (χ2v) is 12.5. The number of carbonyl (C=O) groups is 3. The molecule has 218 valence electrons. The Morgan fingerprint density at radius 1 is 1.12 bits per heavy atom. The number of halogens is 2. The molecule has 3 saturated heterocycles. The van der Waals surface area contributed by atoms with Crippen LogP contribution in [0, 0.1) is 5.92 Å². The number of aromatic nitrogens is 2. The van der Waals surface area contributed by atoms with Crippen LogP contribution in [0.2, 0.25) is 0 Å². The molecule has 5 rings (SSSR count). The van der Waals surface area contributed by atoms with Gasteiger partial charge in [-0.25, -0.2) is 13.6 Å². The third kappa shape index (κ3) is 5.99. The van der Waals surface area contributed by atoms with E-state index >= 15 is 8.78 Å². The number of piperidine rings is 3. The van der Waals surface area contributed by atoms with Crippen molar-refractivity contribution < 1.29 is 27.9 Å². The van der Waals surface area contributed by atoms with Crippen molar-refractivity contribution in [2.24, 2.45) is 13.0 Å². The SMILES string of the molecule is Cn1nc(C2CCC(=O)NC2=O)c2ccc(C3CCN(C[C@@H]4CCN(C(=O)OC(C)(C)C)CC4(F)F)CC3)cc21. The van der Waals surface area contributed by atoms with Crippen LogP contribution in [-0.2, 0) is 21.4 Å². The fourth-order valence-electron chi connectivity index (χ4n) is 6.22. The normalized spacial score (nSPS) is 24.8. The molecule has 0 saturated carbocycles. The minimum Gasteiger partial charge on any atom is -0.444 e. The molecule has 1 aromatic carbocycles. The average molecular weight is 560 g/mol. The highest BCUT2D eigenvalue weighted by Gasteiger charge is 2.47. The summed E-state index contributed by atoms with van der Waals surface area (Å²) in [5.74, 6) is -4.43. The van der Waals surface area contributed by atoms with Gasteiger partial charge in [0.2, 0.25) is 11.8 Å². The van der Waals surface area contributed by atoms with Crippen LogP contribution in [0.5, 0.6) is 0 Å². The lowest BCUT2D eigenvalue weighted by Gasteiger charge is -2.42. The van der Waals surface area contributed by atoms with Crippen LogP contribution in [-0.4, -0.2) is 81.7 Å². The number of hydrogen-bond acceptors (Lipinski definition) is 6. The number of hydrogen-bond donors (Lipinski definition) is 1. The zero-order chi connectivity index (χ0) is 28.8. The van der Waals surface area contributed by atoms with Gasteiger partial charge in [0.15, 0.2) is 0 Å². The number of nitrogens with one attached hydrogen (secondary N) is 1. The van der Waals surface area contributed by atoms with Crippen molar-refractivity contribution in [1.82, 2.24) is 24.9 Å². The van der Waals surface area contributed by atoms with Crippen molar-refractivity contribution in [3.05, 3.63) is 29.5 Å². The molecule has 1 unspecified atom stereocenters. The summed E-state index contributed by atoms with van der Waals surface area (Å²) < 4.78 is 37.2. The van der Waals surface area contributed by atoms with E-state index in [0.29, 0.717) is 31.0 Å². The molecular weight excluding hydrogens is 520 g/mol. The number of benzene rings is 1. The predicted octanol–water partition coefficient (Wildman–Crippen LogP) is 4.17. The molecule has 0 bridgehead atoms. The summed E-state index contributed by atoms with van der Waals surface area (Å²) >= 11 is 0. The van der Waals surface area contributed by atoms with Gasteiger partial charge in [0.05, 0.1) is 23.7 Å². The molecule has 4 heterocycles. The number of aryl methyl sites for hydroxylation is 1. The second-order valence-electron chi connectivity index (χ2n) is 12.5. The third-order valence-corrected chi connectivity index (χ3v) is 8.41. The first-order chi connectivity index (χ1) is 18.8. The van der Waals surface area contributed by atoms with Crippen LogP contribution in [0.25, 0.3) is 10.9 Å². The first-order valence-electron chi connectivity index (χ1n) is 14.2. The molecule has 0 aliphatic carbocycles. The molecule has 1 N–H and O–H groups in total. The molecule has 1 aromatic heterocycles. The van der Waals surface area contributed by atoms with Crippen molar-refractivity contribution >= 4 is 28.8 Å². The van der Waals surface area contributed by atoms with Crippen molar-refractivity contribution in [3.63, 3.8) is 0 Å². The summed E-state index contributed by atoms with van der Waals surface area (Å²) in [5.41, 5.74) is 2.10. The molecule has 40 heavy (non-hydrogen) atoms. The third-order valence-electron chi connectivity index (χ3n) is 8.41. The number of amides is 3. The number of rotatable bonds is 4. The predicted molar refractivity (Wildman–Crippen MR) is 145 cm³/mol. The number of carbonyl (C=O) groups excluding carboxylic acids is 3. The number of fused-ring (bicyclic) bond motifs is 1. The quantitative estimate of drug-likeness (QED) is 0.565. The maximum atomic E-state index is 15.0. The summed E-state index contributed by atoms with van der Waals surface area (Å²) in [6.45, 7) is 6.65. The second kappa shape index (κ2) is 10.7. The van der Waals surface area contributed by atoms with Gasteiger partial charge in [0.1, 0.15) is 5.60 Å². The molecule has 0 radical (unpaired) electrons. The van der Waals surface area contributed by atoms with E-state index in [0.717, 1.165) is 41.7 Å². The molecule has 3 fully saturated rings. The maximum absolute atomic E-state index is 15.0. The number of alkyl halides is 2. The number of imide groups is 1. The van der Waals surface area contributed by atoms with Gasteiger partial charge >= 0.3 is 6.09 Å². The first-order valence-corrected chi connectivity index (χ1v) is 14.2. The van der Waals surface area contributed by atoms with Crippen molar-refractivity contribution in [1.29, 1.82) is 0 Å². The summed E-state index contributed by atoms with van der Waals surface area (Å²) in [4.78, 5) is 39.6. The smallest absolute Gasteiger partial charge is 0.410 e. The standard InChI is InChI=1S/C29H39F2N5O4/c1-28(2,3)40-27(39)36-14-11-20(29(30,31)17-36)16-35-12-9-18(10-13-35)19-5-6-21-23(15-19)34(4)33-25(21)22-7-8-24(37)32-26(22)38/h5-6,15,18,20,22H,7-14,16-17H2,1-4H3,(H,32,37,38)/t20-,22?/m0/s1. The summed E-state index contributed by atoms with van der Waals surface area (Å²) in [6.07, 6.45) is 2.06. The van der Waals surface area contributed by atoms with E-state index in [-0.39, 0.29) is 24.8 Å². The molecule has 11 heteroatoms. The number of likely N-dealkylation sites (tertiary alicyclic amines) is 2. The molecule has 2 atom stereocenters. The summed E-state index contributed by atoms with van der Waals surface area (Å²) in [7, 11) is 1.86. The van der Waals surface area contributed by atoms with Crippen LogP contribution in [0.15, 0.2) is 18.2 Å². The molecule has 3 aliphatic rings. The minimum absolute atomic E-state index is 0.245. The highest BCUT2D eigenvalue weighted by atomic mass is 19.3. The Kier molecular flexibility index (Phi) is 7.62. The van der Waals surface area contributed by atoms with Crippen molar-refractivity contribution in [2.75, 3.05) is 32.7 Å². The fourth-order valence-corrected chi connectivity index (χ4v) is 6.22. The van der Waals surface area contributed by atoms with Crippen molar-refractivity contribution in [2.45, 2.75) is 76.2 Å². The van der Waals surface area contributed by atoms with Gasteiger partial charge in [0, 0.05) is 37.9 Å². The lowest BCUT2D eigenvalue weighted by Crippen LogP contribution is -2.54. The van der Waals surface area contributed by atoms with Gasteiger partial charge in [0.25, 0.3) is 5.92 Å². The Bertz CT molecular complexity index is 1300. The van der Waals surface area contributed by atoms with Crippen LogP contribution < -0.4 is 5.32 Å². The van der Waals surface area contributed by atoms with Crippen LogP contribution in [0.3, 0.4) is 0 Å². The topological polar surface area (TPSA) is 96.8 Å². The van der Waals surface area contributed by atoms with Gasteiger partial charge < -0.3 is 14.5 Å². The molecule has 0 spiro atoms. The Morgan fingerprint density at radius 2 is 1.85 bits per heavy atom. The Labute approximate surface area is 233 Å². The Balaban J connectivity index is 1.18. The van der Waals surface area contributed by atoms with Gasteiger partial charge in [-0.1, -0.05) is 12.1 Å². The van der Waals surface area contributed by atoms with E-state index in [1.807, 2.05) is 13.1 Å². The lowest BCUT2D eigenvalue weighted by molar-refractivity contribution is -0.134. The fraction of sp³-hybridized carbons (Fsp3) is 0.655. The van der Waals surface area contributed by atoms with E-state index in [2.05, 4.69) is 27.4 Å². The van der Waals surface area contributed by atoms with Crippen molar-refractivity contribution in [3.8, 4) is 0 Å². The molecule has 2 aromatic rings. The van der Waals surface area contributed by atoms with Gasteiger partial charge in [-0.3, -0.25) is 19.6 Å². The van der Waals surface area contributed by atoms with Gasteiger partial charge in [-0.15, -0.1) is 0 Å². The maximum Gasteiger partial charge on any atom is 0.410 e. The first kappa shape index (κ1) is 28.4. The van der Waals surface area contributed by atoms with Crippen LogP contribution in [0.4, 0.5) is 13.6 Å². The average Bonchev–Trinajstić information content (AvgIpc) is 3.20. The Hall–Kier alpha value is -3.08. The summed E-state index contributed by atoms with van der Waals surface area (Å²) in [6, 6.07) is 6.22.